The molecule has 6 rings (SSSR count). The summed E-state index contributed by atoms with van der Waals surface area (Å²) in [6, 6.07) is 27.5. The van der Waals surface area contributed by atoms with Gasteiger partial charge >= 0.3 is 0 Å². The van der Waals surface area contributed by atoms with E-state index in [9.17, 15) is 10.2 Å². The first-order valence-corrected chi connectivity index (χ1v) is 15.8. The topological polar surface area (TPSA) is 130 Å². The van der Waals surface area contributed by atoms with Crippen molar-refractivity contribution in [2.45, 2.75) is 37.5 Å². The molecule has 0 spiro atoms. The van der Waals surface area contributed by atoms with Gasteiger partial charge in [-0.05, 0) is 85.9 Å². The molecule has 2 aromatic heterocycles. The van der Waals surface area contributed by atoms with Crippen LogP contribution < -0.4 is 21.1 Å². The van der Waals surface area contributed by atoms with Crippen molar-refractivity contribution in [3.63, 3.8) is 0 Å². The van der Waals surface area contributed by atoms with Gasteiger partial charge in [0.1, 0.15) is 29.1 Å². The number of hydrogen-bond acceptors (Lipinski definition) is 8. The van der Waals surface area contributed by atoms with Crippen LogP contribution in [-0.4, -0.2) is 63.1 Å². The molecule has 0 bridgehead atoms. The molecule has 10 heteroatoms. The molecule has 3 aromatic carbocycles. The van der Waals surface area contributed by atoms with Crippen LogP contribution in [0.25, 0.3) is 22.2 Å². The molecule has 0 saturated heterocycles. The molecule has 4 atom stereocenters. The van der Waals surface area contributed by atoms with Gasteiger partial charge in [0.25, 0.3) is 0 Å². The van der Waals surface area contributed by atoms with E-state index in [0.29, 0.717) is 24.0 Å². The Bertz CT molecular complexity index is 1700. The van der Waals surface area contributed by atoms with E-state index in [1.54, 1.807) is 0 Å². The number of hydrogen-bond donors (Lipinski definition) is 5. The standard InChI is InChI=1S/C35H39ClN6O3/c36-35-40-33(37)30-28(24-10-3-1-4-11-24)22-42(34(30)41-35)29-20-25(31(43)32(29)44)21-39-17-8-16-38-18-15-23-9-7-14-27(19-23)45-26-12-5-2-6-13-26/h1-7,9-14,19,22,25,29,31-32,38-39,43-44H,8,15-18,20-21H2,(H2,37,40,41)/t25-,29-,31-,32+/m1/s1. The van der Waals surface area contributed by atoms with Crippen LogP contribution >= 0.6 is 11.6 Å². The molecule has 1 saturated carbocycles. The Morgan fingerprint density at radius 2 is 1.60 bits per heavy atom. The zero-order chi connectivity index (χ0) is 31.2. The Morgan fingerprint density at radius 3 is 2.40 bits per heavy atom. The summed E-state index contributed by atoms with van der Waals surface area (Å²) in [6.45, 7) is 3.16. The summed E-state index contributed by atoms with van der Waals surface area (Å²) in [5.41, 5.74) is 9.90. The number of anilines is 1. The van der Waals surface area contributed by atoms with Gasteiger partial charge in [-0.1, -0.05) is 60.7 Å². The van der Waals surface area contributed by atoms with Gasteiger partial charge in [0.15, 0.2) is 0 Å². The third-order valence-corrected chi connectivity index (χ3v) is 8.64. The Kier molecular flexibility index (Phi) is 9.93. The summed E-state index contributed by atoms with van der Waals surface area (Å²) < 4.78 is 7.85. The average Bonchev–Trinajstić information content (AvgIpc) is 3.56. The minimum atomic E-state index is -0.954. The summed E-state index contributed by atoms with van der Waals surface area (Å²) in [5.74, 6) is 1.84. The average molecular weight is 627 g/mol. The Morgan fingerprint density at radius 1 is 0.867 bits per heavy atom. The van der Waals surface area contributed by atoms with Crippen molar-refractivity contribution in [2.24, 2.45) is 5.92 Å². The Balaban J connectivity index is 0.978. The zero-order valence-corrected chi connectivity index (χ0v) is 25.8. The van der Waals surface area contributed by atoms with Crippen molar-refractivity contribution in [2.75, 3.05) is 31.9 Å². The summed E-state index contributed by atoms with van der Waals surface area (Å²) in [4.78, 5) is 8.65. The van der Waals surface area contributed by atoms with Crippen LogP contribution in [0.15, 0.2) is 91.1 Å². The van der Waals surface area contributed by atoms with Gasteiger partial charge in [-0.3, -0.25) is 0 Å². The maximum atomic E-state index is 11.1. The van der Waals surface area contributed by atoms with E-state index in [4.69, 9.17) is 22.1 Å². The predicted molar refractivity (Wildman–Crippen MR) is 179 cm³/mol. The second kappa shape index (κ2) is 14.4. The Labute approximate surface area is 268 Å². The molecule has 45 heavy (non-hydrogen) atoms. The second-order valence-electron chi connectivity index (χ2n) is 11.6. The maximum absolute atomic E-state index is 11.1. The number of benzene rings is 3. The number of para-hydroxylation sites is 1. The molecule has 1 fully saturated rings. The van der Waals surface area contributed by atoms with Gasteiger partial charge in [-0.15, -0.1) is 0 Å². The zero-order valence-electron chi connectivity index (χ0n) is 25.0. The quantitative estimate of drug-likeness (QED) is 0.0888. The van der Waals surface area contributed by atoms with Crippen molar-refractivity contribution in [1.82, 2.24) is 25.2 Å². The minimum absolute atomic E-state index is 0.0458. The van der Waals surface area contributed by atoms with Gasteiger partial charge in [-0.2, -0.15) is 4.98 Å². The van der Waals surface area contributed by atoms with Crippen molar-refractivity contribution >= 4 is 28.5 Å². The van der Waals surface area contributed by atoms with Gasteiger partial charge in [-0.25, -0.2) is 4.98 Å². The summed E-state index contributed by atoms with van der Waals surface area (Å²) in [7, 11) is 0. The van der Waals surface area contributed by atoms with E-state index < -0.39 is 12.2 Å². The van der Waals surface area contributed by atoms with Crippen molar-refractivity contribution in [3.8, 4) is 22.6 Å². The number of halogens is 1. The molecular weight excluding hydrogens is 588 g/mol. The number of nitrogens with one attached hydrogen (secondary N) is 2. The number of aromatic nitrogens is 3. The van der Waals surface area contributed by atoms with Gasteiger partial charge < -0.3 is 35.9 Å². The number of nitrogens with zero attached hydrogens (tertiary/aromatic N) is 3. The molecule has 234 valence electrons. The second-order valence-corrected chi connectivity index (χ2v) is 11.9. The lowest BCUT2D eigenvalue weighted by atomic mass is 10.1. The Hall–Kier alpha value is -3.99. The van der Waals surface area contributed by atoms with E-state index in [0.717, 1.165) is 55.1 Å². The highest BCUT2D eigenvalue weighted by molar-refractivity contribution is 6.29. The molecule has 5 aromatic rings. The molecule has 1 aliphatic rings. The fourth-order valence-electron chi connectivity index (χ4n) is 6.19. The number of fused-ring (bicyclic) bond motifs is 1. The van der Waals surface area contributed by atoms with E-state index >= 15 is 0 Å². The van der Waals surface area contributed by atoms with E-state index in [1.807, 2.05) is 83.6 Å². The van der Waals surface area contributed by atoms with Crippen molar-refractivity contribution in [3.05, 3.63) is 102 Å². The number of aliphatic hydroxyl groups excluding tert-OH is 2. The molecule has 0 aliphatic heterocycles. The van der Waals surface area contributed by atoms with Crippen LogP contribution in [0.4, 0.5) is 5.82 Å². The summed E-state index contributed by atoms with van der Waals surface area (Å²) in [6.07, 6.45) is 2.56. The predicted octanol–water partition coefficient (Wildman–Crippen LogP) is 5.22. The number of aliphatic hydroxyl groups is 2. The minimum Gasteiger partial charge on any atom is -0.457 e. The fraction of sp³-hybridized carbons (Fsp3) is 0.314. The van der Waals surface area contributed by atoms with Crippen LogP contribution in [0.2, 0.25) is 5.28 Å². The summed E-state index contributed by atoms with van der Waals surface area (Å²) in [5, 5.41) is 29.8. The third-order valence-electron chi connectivity index (χ3n) is 8.47. The maximum Gasteiger partial charge on any atom is 0.226 e. The van der Waals surface area contributed by atoms with Gasteiger partial charge in [0, 0.05) is 24.2 Å². The lowest BCUT2D eigenvalue weighted by molar-refractivity contribution is 0.00695. The van der Waals surface area contributed by atoms with Crippen LogP contribution in [0.3, 0.4) is 0 Å². The van der Waals surface area contributed by atoms with Gasteiger partial charge in [0.2, 0.25) is 5.28 Å². The number of nitrogens with two attached hydrogens (primary N) is 1. The molecule has 2 heterocycles. The van der Waals surface area contributed by atoms with Crippen LogP contribution in [0.5, 0.6) is 11.5 Å². The first-order chi connectivity index (χ1) is 22.0. The lowest BCUT2D eigenvalue weighted by Crippen LogP contribution is -2.34. The van der Waals surface area contributed by atoms with E-state index in [1.165, 1.54) is 5.56 Å². The van der Waals surface area contributed by atoms with Gasteiger partial charge in [0.05, 0.1) is 17.5 Å². The first kappa shape index (κ1) is 31.0. The fourth-order valence-corrected chi connectivity index (χ4v) is 6.36. The van der Waals surface area contributed by atoms with Crippen molar-refractivity contribution in [1.29, 1.82) is 0 Å². The van der Waals surface area contributed by atoms with Crippen LogP contribution in [0.1, 0.15) is 24.4 Å². The SMILES string of the molecule is Nc1nc(Cl)nc2c1c(-c1ccccc1)cn2[C@@H]1C[C@H](CNCCCNCCc2cccc(Oc3ccccc3)c2)[C@@H](O)[C@H]1O. The summed E-state index contributed by atoms with van der Waals surface area (Å²) >= 11 is 6.20. The lowest BCUT2D eigenvalue weighted by Gasteiger charge is -2.19. The molecule has 1 aliphatic carbocycles. The van der Waals surface area contributed by atoms with Crippen molar-refractivity contribution < 1.29 is 14.9 Å². The van der Waals surface area contributed by atoms with E-state index in [2.05, 4.69) is 32.7 Å². The highest BCUT2D eigenvalue weighted by Crippen LogP contribution is 2.41. The first-order valence-electron chi connectivity index (χ1n) is 15.5. The molecule has 6 N–H and O–H groups in total. The van der Waals surface area contributed by atoms with Crippen LogP contribution in [-0.2, 0) is 6.42 Å². The molecular formula is C35H39ClN6O3. The smallest absolute Gasteiger partial charge is 0.226 e. The normalized spacial score (nSPS) is 19.7. The number of ether oxygens (including phenoxy) is 1. The largest absolute Gasteiger partial charge is 0.457 e. The number of rotatable bonds is 13. The molecule has 0 amide bonds. The van der Waals surface area contributed by atoms with E-state index in [-0.39, 0.29) is 23.1 Å². The highest BCUT2D eigenvalue weighted by Gasteiger charge is 2.43. The highest BCUT2D eigenvalue weighted by atomic mass is 35.5. The molecule has 0 unspecified atom stereocenters. The molecule has 0 radical (unpaired) electrons. The molecule has 9 nitrogen and oxygen atoms in total. The monoisotopic (exact) mass is 626 g/mol. The third kappa shape index (κ3) is 7.30. The van der Waals surface area contributed by atoms with Crippen LogP contribution in [0, 0.1) is 5.92 Å². The number of nitrogen functional groups attached to an aromatic ring is 1.